The van der Waals surface area contributed by atoms with Crippen LogP contribution in [0, 0.1) is 10.1 Å². The lowest BCUT2D eigenvalue weighted by molar-refractivity contribution is -0.384. The Bertz CT molecular complexity index is 915. The number of nitrogens with one attached hydrogen (secondary N) is 2. The molecule has 1 aliphatic carbocycles. The van der Waals surface area contributed by atoms with Gasteiger partial charge in [-0.05, 0) is 37.1 Å². The number of rotatable bonds is 5. The topological polar surface area (TPSA) is 84.3 Å². The molecule has 1 saturated carbocycles. The van der Waals surface area contributed by atoms with Gasteiger partial charge in [0.1, 0.15) is 5.69 Å². The van der Waals surface area contributed by atoms with Crippen LogP contribution in [0.1, 0.15) is 42.5 Å². The molecule has 0 aliphatic heterocycles. The summed E-state index contributed by atoms with van der Waals surface area (Å²) < 4.78 is 0. The average Bonchev–Trinajstić information content (AvgIpc) is 2.66. The van der Waals surface area contributed by atoms with E-state index >= 15 is 0 Å². The predicted molar refractivity (Wildman–Crippen MR) is 113 cm³/mol. The number of benzene rings is 2. The molecule has 0 heterocycles. The number of halogens is 3. The molecule has 0 radical (unpaired) electrons. The molecule has 28 heavy (non-hydrogen) atoms. The van der Waals surface area contributed by atoms with E-state index < -0.39 is 10.8 Å². The molecule has 1 amide bonds. The van der Waals surface area contributed by atoms with E-state index in [0.29, 0.717) is 10.7 Å². The molecule has 0 unspecified atom stereocenters. The zero-order valence-electron chi connectivity index (χ0n) is 14.8. The number of nitro groups is 1. The van der Waals surface area contributed by atoms with Gasteiger partial charge in [0.25, 0.3) is 11.6 Å². The standard InChI is InChI=1S/C19H18Cl3N3O3/c20-11-6-7-14(21)13(8-11)19(26)24-16-10-17(18(25(27)28)9-15(16)22)23-12-4-2-1-3-5-12/h6-10,12,23H,1-5H2,(H,24,26). The Morgan fingerprint density at radius 1 is 1.00 bits per heavy atom. The highest BCUT2D eigenvalue weighted by molar-refractivity contribution is 6.37. The molecule has 148 valence electrons. The third kappa shape index (κ3) is 4.87. The molecule has 0 saturated heterocycles. The summed E-state index contributed by atoms with van der Waals surface area (Å²) in [7, 11) is 0. The number of nitrogens with zero attached hydrogens (tertiary/aromatic N) is 1. The number of hydrogen-bond donors (Lipinski definition) is 2. The second-order valence-corrected chi connectivity index (χ2v) is 7.91. The minimum atomic E-state index is -0.508. The fourth-order valence-corrected chi connectivity index (χ4v) is 3.83. The van der Waals surface area contributed by atoms with E-state index in [4.69, 9.17) is 34.8 Å². The lowest BCUT2D eigenvalue weighted by Gasteiger charge is -2.24. The maximum atomic E-state index is 12.6. The highest BCUT2D eigenvalue weighted by Gasteiger charge is 2.23. The summed E-state index contributed by atoms with van der Waals surface area (Å²) >= 11 is 18.2. The Labute approximate surface area is 177 Å². The van der Waals surface area contributed by atoms with Crippen molar-refractivity contribution >= 4 is 57.8 Å². The number of hydrogen-bond acceptors (Lipinski definition) is 4. The maximum Gasteiger partial charge on any atom is 0.293 e. The van der Waals surface area contributed by atoms with Crippen LogP contribution in [0.4, 0.5) is 17.1 Å². The van der Waals surface area contributed by atoms with Gasteiger partial charge in [0.2, 0.25) is 0 Å². The molecule has 1 aliphatic rings. The summed E-state index contributed by atoms with van der Waals surface area (Å²) in [5.41, 5.74) is 0.639. The van der Waals surface area contributed by atoms with E-state index in [1.807, 2.05) is 0 Å². The third-order valence-electron chi connectivity index (χ3n) is 4.67. The summed E-state index contributed by atoms with van der Waals surface area (Å²) in [6, 6.07) is 7.42. The van der Waals surface area contributed by atoms with Crippen molar-refractivity contribution in [3.63, 3.8) is 0 Å². The van der Waals surface area contributed by atoms with Crippen LogP contribution >= 0.6 is 34.8 Å². The van der Waals surface area contributed by atoms with Crippen molar-refractivity contribution in [1.82, 2.24) is 0 Å². The zero-order chi connectivity index (χ0) is 20.3. The molecule has 0 spiro atoms. The van der Waals surface area contributed by atoms with E-state index in [0.717, 1.165) is 25.7 Å². The van der Waals surface area contributed by atoms with Gasteiger partial charge in [-0.15, -0.1) is 0 Å². The Hall–Kier alpha value is -2.02. The van der Waals surface area contributed by atoms with Crippen molar-refractivity contribution in [2.45, 2.75) is 38.1 Å². The predicted octanol–water partition coefficient (Wildman–Crippen LogP) is 6.55. The fourth-order valence-electron chi connectivity index (χ4n) is 3.25. The Morgan fingerprint density at radius 2 is 1.71 bits per heavy atom. The molecule has 1 fully saturated rings. The second-order valence-electron chi connectivity index (χ2n) is 6.66. The largest absolute Gasteiger partial charge is 0.377 e. The third-order valence-corrected chi connectivity index (χ3v) is 5.55. The smallest absolute Gasteiger partial charge is 0.293 e. The molecule has 2 aromatic carbocycles. The first-order chi connectivity index (χ1) is 13.3. The van der Waals surface area contributed by atoms with Gasteiger partial charge < -0.3 is 10.6 Å². The summed E-state index contributed by atoms with van der Waals surface area (Å²) in [5.74, 6) is -0.508. The summed E-state index contributed by atoms with van der Waals surface area (Å²) in [5, 5.41) is 18.0. The normalized spacial score (nSPS) is 14.5. The molecule has 0 atom stereocenters. The van der Waals surface area contributed by atoms with Gasteiger partial charge in [-0.1, -0.05) is 54.1 Å². The number of carbonyl (C=O) groups excluding carboxylic acids is 1. The molecule has 2 aromatic rings. The van der Waals surface area contributed by atoms with E-state index in [9.17, 15) is 14.9 Å². The van der Waals surface area contributed by atoms with Crippen molar-refractivity contribution in [1.29, 1.82) is 0 Å². The summed E-state index contributed by atoms with van der Waals surface area (Å²) in [6.07, 6.45) is 5.22. The van der Waals surface area contributed by atoms with Crippen molar-refractivity contribution in [2.24, 2.45) is 0 Å². The first kappa shape index (κ1) is 20.7. The molecule has 9 heteroatoms. The lowest BCUT2D eigenvalue weighted by atomic mass is 9.95. The van der Waals surface area contributed by atoms with Crippen molar-refractivity contribution in [3.05, 3.63) is 61.1 Å². The van der Waals surface area contributed by atoms with Crippen LogP contribution < -0.4 is 10.6 Å². The fraction of sp³-hybridized carbons (Fsp3) is 0.316. The summed E-state index contributed by atoms with van der Waals surface area (Å²) in [4.78, 5) is 23.5. The number of amides is 1. The van der Waals surface area contributed by atoms with E-state index in [-0.39, 0.29) is 33.0 Å². The van der Waals surface area contributed by atoms with Crippen LogP contribution in [-0.4, -0.2) is 16.9 Å². The van der Waals surface area contributed by atoms with Crippen molar-refractivity contribution in [3.8, 4) is 0 Å². The van der Waals surface area contributed by atoms with E-state index in [2.05, 4.69) is 10.6 Å². The first-order valence-corrected chi connectivity index (χ1v) is 9.99. The highest BCUT2D eigenvalue weighted by atomic mass is 35.5. The SMILES string of the molecule is O=C(Nc1cc(NC2CCCCC2)c([N+](=O)[O-])cc1Cl)c1cc(Cl)ccc1Cl. The Balaban J connectivity index is 1.89. The Kier molecular flexibility index (Phi) is 6.65. The van der Waals surface area contributed by atoms with Gasteiger partial charge in [0, 0.05) is 17.1 Å². The van der Waals surface area contributed by atoms with Crippen LogP contribution in [0.5, 0.6) is 0 Å². The van der Waals surface area contributed by atoms with Gasteiger partial charge in [0.15, 0.2) is 0 Å². The molecular formula is C19H18Cl3N3O3. The van der Waals surface area contributed by atoms with Crippen molar-refractivity contribution < 1.29 is 9.72 Å². The van der Waals surface area contributed by atoms with Crippen LogP contribution in [0.3, 0.4) is 0 Å². The quantitative estimate of drug-likeness (QED) is 0.406. The first-order valence-electron chi connectivity index (χ1n) is 8.86. The van der Waals surface area contributed by atoms with Gasteiger partial charge in [-0.3, -0.25) is 14.9 Å². The van der Waals surface area contributed by atoms with Crippen LogP contribution in [0.15, 0.2) is 30.3 Å². The lowest BCUT2D eigenvalue weighted by Crippen LogP contribution is -2.23. The van der Waals surface area contributed by atoms with Gasteiger partial charge in [0.05, 0.1) is 26.2 Å². The van der Waals surface area contributed by atoms with Gasteiger partial charge >= 0.3 is 0 Å². The minimum absolute atomic E-state index is 0.0624. The van der Waals surface area contributed by atoms with Crippen molar-refractivity contribution in [2.75, 3.05) is 10.6 Å². The monoisotopic (exact) mass is 441 g/mol. The Morgan fingerprint density at radius 3 is 2.39 bits per heavy atom. The molecule has 3 rings (SSSR count). The van der Waals surface area contributed by atoms with Crippen LogP contribution in [0.25, 0.3) is 0 Å². The molecule has 2 N–H and O–H groups in total. The molecule has 0 bridgehead atoms. The number of carbonyl (C=O) groups is 1. The average molecular weight is 443 g/mol. The van der Waals surface area contributed by atoms with E-state index in [1.54, 1.807) is 6.07 Å². The minimum Gasteiger partial charge on any atom is -0.377 e. The molecule has 6 nitrogen and oxygen atoms in total. The molecular weight excluding hydrogens is 425 g/mol. The van der Waals surface area contributed by atoms with Gasteiger partial charge in [-0.25, -0.2) is 0 Å². The number of nitro benzene ring substituents is 1. The van der Waals surface area contributed by atoms with Crippen LogP contribution in [-0.2, 0) is 0 Å². The highest BCUT2D eigenvalue weighted by Crippen LogP contribution is 2.36. The zero-order valence-corrected chi connectivity index (χ0v) is 17.1. The van der Waals surface area contributed by atoms with Crippen LogP contribution in [0.2, 0.25) is 15.1 Å². The molecule has 0 aromatic heterocycles. The maximum absolute atomic E-state index is 12.6. The second kappa shape index (κ2) is 8.99. The van der Waals surface area contributed by atoms with E-state index in [1.165, 1.54) is 30.7 Å². The summed E-state index contributed by atoms with van der Waals surface area (Å²) in [6.45, 7) is 0. The van der Waals surface area contributed by atoms with Gasteiger partial charge in [-0.2, -0.15) is 0 Å². The number of anilines is 2.